The molecule has 0 spiro atoms. The molecule has 7 heteroatoms. The molecule has 1 N–H and O–H groups in total. The summed E-state index contributed by atoms with van der Waals surface area (Å²) < 4.78 is 11.8. The first-order valence-electron chi connectivity index (χ1n) is 8.14. The number of amides is 1. The van der Waals surface area contributed by atoms with Gasteiger partial charge in [-0.05, 0) is 46.6 Å². The van der Waals surface area contributed by atoms with Crippen LogP contribution in [0.15, 0.2) is 52.1 Å². The largest absolute Gasteiger partial charge is 0.493 e. The molecule has 0 heterocycles. The number of hydrogen-bond donors (Lipinski definition) is 1. The maximum absolute atomic E-state index is 11.8. The van der Waals surface area contributed by atoms with Crippen molar-refractivity contribution in [3.05, 3.63) is 52.5 Å². The second-order valence-corrected chi connectivity index (χ2v) is 6.16. The van der Waals surface area contributed by atoms with Crippen LogP contribution < -0.4 is 14.8 Å². The Kier molecular flexibility index (Phi) is 7.95. The summed E-state index contributed by atoms with van der Waals surface area (Å²) in [4.78, 5) is 16.8. The Morgan fingerprint density at radius 2 is 2.04 bits per heavy atom. The standard InChI is InChI=1S/C19H21BrN2O4/c1-3-9-25-19-16(20)10-14(11-17(19)24-2)12-21-26-13-18(23)22-15-7-5-4-6-8-15/h4-8,10-12H,3,9,13H2,1-2H3,(H,22,23). The second kappa shape index (κ2) is 10.5. The monoisotopic (exact) mass is 420 g/mol. The number of benzene rings is 2. The Morgan fingerprint density at radius 3 is 2.73 bits per heavy atom. The average molecular weight is 421 g/mol. The van der Waals surface area contributed by atoms with Crippen LogP contribution in [0.5, 0.6) is 11.5 Å². The molecule has 2 aromatic rings. The zero-order valence-corrected chi connectivity index (χ0v) is 16.3. The van der Waals surface area contributed by atoms with Crippen molar-refractivity contribution in [3.8, 4) is 11.5 Å². The Balaban J connectivity index is 1.91. The van der Waals surface area contributed by atoms with Gasteiger partial charge in [0.1, 0.15) is 0 Å². The molecular weight excluding hydrogens is 400 g/mol. The number of methoxy groups -OCH3 is 1. The minimum absolute atomic E-state index is 0.179. The molecule has 2 rings (SSSR count). The Hall–Kier alpha value is -2.54. The molecule has 0 aliphatic rings. The van der Waals surface area contributed by atoms with Crippen molar-refractivity contribution in [2.24, 2.45) is 5.16 Å². The summed E-state index contributed by atoms with van der Waals surface area (Å²) in [5, 5.41) is 6.54. The zero-order valence-electron chi connectivity index (χ0n) is 14.7. The predicted molar refractivity (Wildman–Crippen MR) is 105 cm³/mol. The molecule has 0 radical (unpaired) electrons. The third kappa shape index (κ3) is 6.07. The molecule has 2 aromatic carbocycles. The Bertz CT molecular complexity index is 751. The lowest BCUT2D eigenvalue weighted by Crippen LogP contribution is -2.16. The summed E-state index contributed by atoms with van der Waals surface area (Å²) in [7, 11) is 1.58. The molecule has 1 amide bonds. The number of halogens is 1. The summed E-state index contributed by atoms with van der Waals surface area (Å²) in [5.41, 5.74) is 1.46. The number of hydrogen-bond acceptors (Lipinski definition) is 5. The smallest absolute Gasteiger partial charge is 0.265 e. The van der Waals surface area contributed by atoms with Gasteiger partial charge in [0.15, 0.2) is 18.1 Å². The van der Waals surface area contributed by atoms with Crippen molar-refractivity contribution in [2.75, 3.05) is 25.6 Å². The number of carbonyl (C=O) groups is 1. The van der Waals surface area contributed by atoms with Crippen molar-refractivity contribution in [3.63, 3.8) is 0 Å². The minimum Gasteiger partial charge on any atom is -0.493 e. The van der Waals surface area contributed by atoms with Crippen LogP contribution in [-0.2, 0) is 9.63 Å². The number of carbonyl (C=O) groups excluding carboxylic acids is 1. The third-order valence-corrected chi connectivity index (χ3v) is 3.82. The second-order valence-electron chi connectivity index (χ2n) is 5.30. The lowest BCUT2D eigenvalue weighted by Gasteiger charge is -2.12. The number of ether oxygens (including phenoxy) is 2. The highest BCUT2D eigenvalue weighted by atomic mass is 79.9. The molecule has 0 atom stereocenters. The maximum atomic E-state index is 11.8. The first-order valence-corrected chi connectivity index (χ1v) is 8.94. The van der Waals surface area contributed by atoms with E-state index in [9.17, 15) is 4.79 Å². The molecule has 6 nitrogen and oxygen atoms in total. The molecule has 0 aliphatic carbocycles. The van der Waals surface area contributed by atoms with E-state index >= 15 is 0 Å². The van der Waals surface area contributed by atoms with Crippen LogP contribution in [0.4, 0.5) is 5.69 Å². The van der Waals surface area contributed by atoms with Gasteiger partial charge in [-0.15, -0.1) is 0 Å². The molecule has 0 aliphatic heterocycles. The van der Waals surface area contributed by atoms with Gasteiger partial charge in [-0.2, -0.15) is 0 Å². The van der Waals surface area contributed by atoms with Crippen molar-refractivity contribution >= 4 is 33.7 Å². The van der Waals surface area contributed by atoms with E-state index in [1.807, 2.05) is 31.2 Å². The number of oxime groups is 1. The van der Waals surface area contributed by atoms with E-state index in [2.05, 4.69) is 26.4 Å². The average Bonchev–Trinajstić information content (AvgIpc) is 2.65. The molecule has 138 valence electrons. The van der Waals surface area contributed by atoms with Crippen molar-refractivity contribution < 1.29 is 19.1 Å². The zero-order chi connectivity index (χ0) is 18.8. The van der Waals surface area contributed by atoms with Gasteiger partial charge in [0.2, 0.25) is 0 Å². The van der Waals surface area contributed by atoms with Gasteiger partial charge in [0.25, 0.3) is 5.91 Å². The number of nitrogens with zero attached hydrogens (tertiary/aromatic N) is 1. The van der Waals surface area contributed by atoms with Gasteiger partial charge in [0, 0.05) is 11.3 Å². The van der Waals surface area contributed by atoms with E-state index in [1.165, 1.54) is 6.21 Å². The van der Waals surface area contributed by atoms with Crippen LogP contribution in [0.3, 0.4) is 0 Å². The number of para-hydroxylation sites is 1. The summed E-state index contributed by atoms with van der Waals surface area (Å²) in [6, 6.07) is 12.8. The molecule has 26 heavy (non-hydrogen) atoms. The lowest BCUT2D eigenvalue weighted by molar-refractivity contribution is -0.120. The number of anilines is 1. The molecular formula is C19H21BrN2O4. The van der Waals surface area contributed by atoms with Gasteiger partial charge >= 0.3 is 0 Å². The first-order chi connectivity index (χ1) is 12.6. The van der Waals surface area contributed by atoms with Crippen LogP contribution in [-0.4, -0.2) is 32.4 Å². The molecule has 0 fully saturated rings. The SMILES string of the molecule is CCCOc1c(Br)cc(C=NOCC(=O)Nc2ccccc2)cc1OC. The summed E-state index contributed by atoms with van der Waals surface area (Å²) in [6.07, 6.45) is 2.41. The summed E-state index contributed by atoms with van der Waals surface area (Å²) >= 11 is 3.47. The quantitative estimate of drug-likeness (QED) is 0.486. The third-order valence-electron chi connectivity index (χ3n) is 3.23. The van der Waals surface area contributed by atoms with E-state index in [0.29, 0.717) is 23.8 Å². The fraction of sp³-hybridized carbons (Fsp3) is 0.263. The molecule has 0 saturated heterocycles. The van der Waals surface area contributed by atoms with Crippen LogP contribution in [0.1, 0.15) is 18.9 Å². The number of nitrogens with one attached hydrogen (secondary N) is 1. The minimum atomic E-state index is -0.282. The topological polar surface area (TPSA) is 69.2 Å². The molecule has 0 unspecified atom stereocenters. The van der Waals surface area contributed by atoms with Crippen molar-refractivity contribution in [1.82, 2.24) is 0 Å². The fourth-order valence-electron chi connectivity index (χ4n) is 2.07. The first kappa shape index (κ1) is 19.8. The van der Waals surface area contributed by atoms with Crippen LogP contribution >= 0.6 is 15.9 Å². The summed E-state index contributed by atoms with van der Waals surface area (Å²) in [6.45, 7) is 2.45. The van der Waals surface area contributed by atoms with Gasteiger partial charge in [-0.25, -0.2) is 0 Å². The van der Waals surface area contributed by atoms with Crippen LogP contribution in [0.25, 0.3) is 0 Å². The molecule has 0 aromatic heterocycles. The van der Waals surface area contributed by atoms with Gasteiger partial charge in [0.05, 0.1) is 24.4 Å². The van der Waals surface area contributed by atoms with Gasteiger partial charge in [-0.1, -0.05) is 30.3 Å². The van der Waals surface area contributed by atoms with E-state index in [-0.39, 0.29) is 12.5 Å². The van der Waals surface area contributed by atoms with Crippen molar-refractivity contribution in [1.29, 1.82) is 0 Å². The van der Waals surface area contributed by atoms with Gasteiger partial charge < -0.3 is 19.6 Å². The maximum Gasteiger partial charge on any atom is 0.265 e. The van der Waals surface area contributed by atoms with E-state index in [1.54, 1.807) is 25.3 Å². The highest BCUT2D eigenvalue weighted by Gasteiger charge is 2.11. The fourth-order valence-corrected chi connectivity index (χ4v) is 2.65. The Labute approximate surface area is 161 Å². The van der Waals surface area contributed by atoms with E-state index in [0.717, 1.165) is 16.5 Å². The molecule has 0 saturated carbocycles. The van der Waals surface area contributed by atoms with Crippen LogP contribution in [0.2, 0.25) is 0 Å². The number of rotatable bonds is 9. The van der Waals surface area contributed by atoms with E-state index in [4.69, 9.17) is 14.3 Å². The van der Waals surface area contributed by atoms with E-state index < -0.39 is 0 Å². The van der Waals surface area contributed by atoms with Gasteiger partial charge in [-0.3, -0.25) is 4.79 Å². The normalized spacial score (nSPS) is 10.6. The highest BCUT2D eigenvalue weighted by Crippen LogP contribution is 2.36. The predicted octanol–water partition coefficient (Wildman–Crippen LogP) is 4.24. The van der Waals surface area contributed by atoms with Crippen LogP contribution in [0, 0.1) is 0 Å². The highest BCUT2D eigenvalue weighted by molar-refractivity contribution is 9.10. The summed E-state index contributed by atoms with van der Waals surface area (Å²) in [5.74, 6) is 0.959. The van der Waals surface area contributed by atoms with Crippen molar-refractivity contribution in [2.45, 2.75) is 13.3 Å². The lowest BCUT2D eigenvalue weighted by atomic mass is 10.2. The Morgan fingerprint density at radius 1 is 1.27 bits per heavy atom. The molecule has 0 bridgehead atoms.